The van der Waals surface area contributed by atoms with Gasteiger partial charge in [-0.3, -0.25) is 0 Å². The first-order valence-electron chi connectivity index (χ1n) is 4.57. The van der Waals surface area contributed by atoms with Crippen LogP contribution in [0, 0.1) is 11.6 Å². The lowest BCUT2D eigenvalue weighted by Gasteiger charge is -2.15. The van der Waals surface area contributed by atoms with E-state index in [1.54, 1.807) is 0 Å². The van der Waals surface area contributed by atoms with Crippen LogP contribution in [0.15, 0.2) is 18.2 Å². The van der Waals surface area contributed by atoms with Crippen molar-refractivity contribution >= 4 is 12.4 Å². The van der Waals surface area contributed by atoms with Gasteiger partial charge < -0.3 is 5.73 Å². The van der Waals surface area contributed by atoms with Crippen molar-refractivity contribution in [3.63, 3.8) is 0 Å². The molecule has 0 radical (unpaired) electrons. The highest BCUT2D eigenvalue weighted by atomic mass is 35.5. The standard InChI is InChI=1S/C10H10F5N.ClH/c11-7-3-1-6(8(12)5-7)2-4-9(16)10(13,14)15;/h1,3,5,9H,2,4,16H2;1H. The van der Waals surface area contributed by atoms with Crippen molar-refractivity contribution < 1.29 is 22.0 Å². The minimum Gasteiger partial charge on any atom is -0.320 e. The van der Waals surface area contributed by atoms with Crippen LogP contribution in [0.1, 0.15) is 12.0 Å². The summed E-state index contributed by atoms with van der Waals surface area (Å²) in [6.45, 7) is 0. The number of nitrogens with two attached hydrogens (primary N) is 1. The first-order chi connectivity index (χ1) is 7.30. The van der Waals surface area contributed by atoms with E-state index in [4.69, 9.17) is 5.73 Å². The van der Waals surface area contributed by atoms with Crippen molar-refractivity contribution in [2.45, 2.75) is 25.1 Å². The Balaban J connectivity index is 0.00000256. The SMILES string of the molecule is Cl.NC(CCc1ccc(F)cc1F)C(F)(F)F. The molecule has 1 nitrogen and oxygen atoms in total. The zero-order valence-corrected chi connectivity index (χ0v) is 9.42. The van der Waals surface area contributed by atoms with Crippen LogP contribution in [0.4, 0.5) is 22.0 Å². The molecule has 0 spiro atoms. The molecule has 1 rings (SSSR count). The molecule has 7 heteroatoms. The molecule has 2 N–H and O–H groups in total. The van der Waals surface area contributed by atoms with Crippen molar-refractivity contribution in [2.24, 2.45) is 5.73 Å². The minimum atomic E-state index is -4.49. The summed E-state index contributed by atoms with van der Waals surface area (Å²) in [5.74, 6) is -1.62. The van der Waals surface area contributed by atoms with Crippen LogP contribution in [0.3, 0.4) is 0 Å². The zero-order chi connectivity index (χ0) is 12.3. The van der Waals surface area contributed by atoms with Crippen molar-refractivity contribution in [3.05, 3.63) is 35.4 Å². The highest BCUT2D eigenvalue weighted by Crippen LogP contribution is 2.22. The van der Waals surface area contributed by atoms with Gasteiger partial charge in [-0.15, -0.1) is 12.4 Å². The second kappa shape index (κ2) is 6.16. The molecule has 1 unspecified atom stereocenters. The summed E-state index contributed by atoms with van der Waals surface area (Å²) in [5, 5.41) is 0. The molecule has 0 heterocycles. The average molecular weight is 276 g/mol. The van der Waals surface area contributed by atoms with Gasteiger partial charge in [0.2, 0.25) is 0 Å². The van der Waals surface area contributed by atoms with E-state index in [0.717, 1.165) is 12.1 Å². The second-order valence-electron chi connectivity index (χ2n) is 3.42. The average Bonchev–Trinajstić information content (AvgIpc) is 2.14. The lowest BCUT2D eigenvalue weighted by molar-refractivity contribution is -0.148. The van der Waals surface area contributed by atoms with Gasteiger partial charge in [0.25, 0.3) is 0 Å². The summed E-state index contributed by atoms with van der Waals surface area (Å²) in [6, 6.07) is 0.761. The largest absolute Gasteiger partial charge is 0.403 e. The summed E-state index contributed by atoms with van der Waals surface area (Å²) in [4.78, 5) is 0. The number of aryl methyl sites for hydroxylation is 1. The predicted octanol–water partition coefficient (Wildman–Crippen LogP) is 3.21. The Bertz CT molecular complexity index is 366. The van der Waals surface area contributed by atoms with Gasteiger partial charge in [0, 0.05) is 6.07 Å². The van der Waals surface area contributed by atoms with E-state index < -0.39 is 30.3 Å². The van der Waals surface area contributed by atoms with Gasteiger partial charge in [-0.05, 0) is 24.5 Å². The highest BCUT2D eigenvalue weighted by molar-refractivity contribution is 5.85. The molecule has 1 aromatic rings. The third kappa shape index (κ3) is 4.87. The van der Waals surface area contributed by atoms with Gasteiger partial charge in [0.15, 0.2) is 0 Å². The van der Waals surface area contributed by atoms with Crippen LogP contribution in [0.5, 0.6) is 0 Å². The number of alkyl halides is 3. The Labute approximate surface area is 101 Å². The Morgan fingerprint density at radius 2 is 1.76 bits per heavy atom. The molecule has 1 aromatic carbocycles. The van der Waals surface area contributed by atoms with E-state index in [1.165, 1.54) is 0 Å². The summed E-state index contributed by atoms with van der Waals surface area (Å²) in [6.07, 6.45) is -5.09. The number of hydrogen-bond donors (Lipinski definition) is 1. The first-order valence-corrected chi connectivity index (χ1v) is 4.57. The first kappa shape index (κ1) is 16.1. The summed E-state index contributed by atoms with van der Waals surface area (Å²) < 4.78 is 61.6. The Morgan fingerprint density at radius 3 is 2.24 bits per heavy atom. The van der Waals surface area contributed by atoms with E-state index in [1.807, 2.05) is 0 Å². The molecule has 0 bridgehead atoms. The fraction of sp³-hybridized carbons (Fsp3) is 0.400. The number of rotatable bonds is 3. The molecule has 0 aliphatic rings. The Morgan fingerprint density at radius 1 is 1.18 bits per heavy atom. The monoisotopic (exact) mass is 275 g/mol. The van der Waals surface area contributed by atoms with E-state index in [-0.39, 0.29) is 24.4 Å². The fourth-order valence-corrected chi connectivity index (χ4v) is 1.20. The lowest BCUT2D eigenvalue weighted by Crippen LogP contribution is -2.37. The predicted molar refractivity (Wildman–Crippen MR) is 56.0 cm³/mol. The fourth-order valence-electron chi connectivity index (χ4n) is 1.20. The maximum Gasteiger partial charge on any atom is 0.403 e. The Hall–Kier alpha value is -0.880. The van der Waals surface area contributed by atoms with Crippen LogP contribution >= 0.6 is 12.4 Å². The van der Waals surface area contributed by atoms with Gasteiger partial charge in [0.05, 0.1) is 0 Å². The summed E-state index contributed by atoms with van der Waals surface area (Å²) in [7, 11) is 0. The topological polar surface area (TPSA) is 26.0 Å². The van der Waals surface area contributed by atoms with Crippen LogP contribution in [-0.4, -0.2) is 12.2 Å². The van der Waals surface area contributed by atoms with Crippen LogP contribution in [-0.2, 0) is 6.42 Å². The maximum atomic E-state index is 13.0. The number of halogens is 6. The molecule has 0 saturated carbocycles. The third-order valence-electron chi connectivity index (χ3n) is 2.16. The van der Waals surface area contributed by atoms with Crippen LogP contribution in [0.25, 0.3) is 0 Å². The van der Waals surface area contributed by atoms with Gasteiger partial charge in [-0.2, -0.15) is 13.2 Å². The van der Waals surface area contributed by atoms with E-state index in [0.29, 0.717) is 6.07 Å². The van der Waals surface area contributed by atoms with Crippen molar-refractivity contribution in [1.82, 2.24) is 0 Å². The molecule has 0 aromatic heterocycles. The van der Waals surface area contributed by atoms with E-state index in [9.17, 15) is 22.0 Å². The lowest BCUT2D eigenvalue weighted by atomic mass is 10.0. The molecule has 0 aliphatic carbocycles. The van der Waals surface area contributed by atoms with Crippen molar-refractivity contribution in [2.75, 3.05) is 0 Å². The molecule has 17 heavy (non-hydrogen) atoms. The van der Waals surface area contributed by atoms with Crippen molar-refractivity contribution in [1.29, 1.82) is 0 Å². The van der Waals surface area contributed by atoms with Gasteiger partial charge in [-0.1, -0.05) is 6.07 Å². The van der Waals surface area contributed by atoms with Gasteiger partial charge in [-0.25, -0.2) is 8.78 Å². The quantitative estimate of drug-likeness (QED) is 0.842. The molecule has 0 fully saturated rings. The molecular formula is C10H11ClF5N. The van der Waals surface area contributed by atoms with Crippen LogP contribution in [0.2, 0.25) is 0 Å². The van der Waals surface area contributed by atoms with Gasteiger partial charge >= 0.3 is 6.18 Å². The maximum absolute atomic E-state index is 13.0. The second-order valence-corrected chi connectivity index (χ2v) is 3.42. The molecule has 0 saturated heterocycles. The molecular weight excluding hydrogens is 265 g/mol. The molecule has 98 valence electrons. The number of hydrogen-bond acceptors (Lipinski definition) is 1. The minimum absolute atomic E-state index is 0. The molecule has 1 atom stereocenters. The third-order valence-corrected chi connectivity index (χ3v) is 2.16. The van der Waals surface area contributed by atoms with Crippen molar-refractivity contribution in [3.8, 4) is 0 Å². The highest BCUT2D eigenvalue weighted by Gasteiger charge is 2.36. The smallest absolute Gasteiger partial charge is 0.320 e. The molecule has 0 amide bonds. The van der Waals surface area contributed by atoms with E-state index >= 15 is 0 Å². The zero-order valence-electron chi connectivity index (χ0n) is 8.60. The normalized spacial score (nSPS) is 13.1. The Kier molecular flexibility index (Phi) is 5.84. The van der Waals surface area contributed by atoms with Gasteiger partial charge in [0.1, 0.15) is 17.7 Å². The van der Waals surface area contributed by atoms with E-state index in [2.05, 4.69) is 0 Å². The summed E-state index contributed by atoms with van der Waals surface area (Å²) in [5.41, 5.74) is 4.89. The van der Waals surface area contributed by atoms with Crippen LogP contribution < -0.4 is 5.73 Å². The summed E-state index contributed by atoms with van der Waals surface area (Å²) >= 11 is 0. The number of benzene rings is 1. The molecule has 0 aliphatic heterocycles.